The van der Waals surface area contributed by atoms with E-state index < -0.39 is 5.24 Å². The number of halogens is 1. The largest absolute Gasteiger partial charge is 0.504 e. The van der Waals surface area contributed by atoms with Gasteiger partial charge in [0, 0.05) is 6.08 Å². The van der Waals surface area contributed by atoms with E-state index in [1.54, 1.807) is 0 Å². The van der Waals surface area contributed by atoms with Crippen molar-refractivity contribution < 1.29 is 9.53 Å². The standard InChI is InChI=1S/C4H5ClO2/c1-7-3-2-4(5)6/h2-3H,1H3/b3-2-. The van der Waals surface area contributed by atoms with Gasteiger partial charge < -0.3 is 4.74 Å². The van der Waals surface area contributed by atoms with Crippen LogP contribution in [0.4, 0.5) is 0 Å². The fourth-order valence-electron chi connectivity index (χ4n) is 0.122. The number of methoxy groups -OCH3 is 1. The Morgan fingerprint density at radius 2 is 2.43 bits per heavy atom. The molecule has 3 heteroatoms. The van der Waals surface area contributed by atoms with Crippen LogP contribution in [0.25, 0.3) is 0 Å². The van der Waals surface area contributed by atoms with Gasteiger partial charge in [0.1, 0.15) is 0 Å². The molecule has 0 rings (SSSR count). The molecule has 0 saturated heterocycles. The van der Waals surface area contributed by atoms with Gasteiger partial charge in [0.2, 0.25) is 5.24 Å². The summed E-state index contributed by atoms with van der Waals surface area (Å²) >= 11 is 4.85. The maximum Gasteiger partial charge on any atom is 0.248 e. The van der Waals surface area contributed by atoms with E-state index in [1.165, 1.54) is 13.4 Å². The van der Waals surface area contributed by atoms with Crippen LogP contribution in [0.15, 0.2) is 12.3 Å². The number of allylic oxidation sites excluding steroid dienone is 1. The highest BCUT2D eigenvalue weighted by Gasteiger charge is 1.80. The molecular weight excluding hydrogens is 115 g/mol. The van der Waals surface area contributed by atoms with Crippen molar-refractivity contribution in [3.8, 4) is 0 Å². The molecule has 0 aliphatic carbocycles. The van der Waals surface area contributed by atoms with Crippen molar-refractivity contribution in [2.75, 3.05) is 7.11 Å². The third-order valence-electron chi connectivity index (χ3n) is 0.335. The van der Waals surface area contributed by atoms with E-state index in [2.05, 4.69) is 4.74 Å². The SMILES string of the molecule is CO/C=C\C(=O)Cl. The first-order valence-electron chi connectivity index (χ1n) is 1.66. The summed E-state index contributed by atoms with van der Waals surface area (Å²) in [5.41, 5.74) is 0. The third-order valence-corrected chi connectivity index (χ3v) is 0.461. The molecule has 2 nitrogen and oxygen atoms in total. The minimum atomic E-state index is -0.526. The predicted molar refractivity (Wildman–Crippen MR) is 27.0 cm³/mol. The molecule has 0 unspecified atom stereocenters. The summed E-state index contributed by atoms with van der Waals surface area (Å²) in [4.78, 5) is 9.80. The topological polar surface area (TPSA) is 26.3 Å². The summed E-state index contributed by atoms with van der Waals surface area (Å²) in [5, 5.41) is -0.526. The van der Waals surface area contributed by atoms with Crippen LogP contribution >= 0.6 is 11.6 Å². The lowest BCUT2D eigenvalue weighted by atomic mass is 10.7. The van der Waals surface area contributed by atoms with E-state index in [0.29, 0.717) is 0 Å². The molecule has 0 fully saturated rings. The van der Waals surface area contributed by atoms with Crippen molar-refractivity contribution in [3.63, 3.8) is 0 Å². The highest BCUT2D eigenvalue weighted by atomic mass is 35.5. The highest BCUT2D eigenvalue weighted by molar-refractivity contribution is 6.66. The van der Waals surface area contributed by atoms with Gasteiger partial charge in [-0.2, -0.15) is 0 Å². The number of rotatable bonds is 2. The summed E-state index contributed by atoms with van der Waals surface area (Å²) in [7, 11) is 1.44. The van der Waals surface area contributed by atoms with Gasteiger partial charge in [-0.25, -0.2) is 0 Å². The molecule has 0 heterocycles. The molecule has 7 heavy (non-hydrogen) atoms. The first kappa shape index (κ1) is 6.50. The van der Waals surface area contributed by atoms with Gasteiger partial charge in [0.15, 0.2) is 0 Å². The Labute approximate surface area is 46.7 Å². The average Bonchev–Trinajstić information content (AvgIpc) is 1.61. The number of ether oxygens (including phenoxy) is 1. The quantitative estimate of drug-likeness (QED) is 0.308. The third kappa shape index (κ3) is 5.50. The first-order valence-corrected chi connectivity index (χ1v) is 2.04. The lowest BCUT2D eigenvalue weighted by Crippen LogP contribution is -1.74. The molecule has 0 spiro atoms. The van der Waals surface area contributed by atoms with Gasteiger partial charge in [-0.15, -0.1) is 0 Å². The van der Waals surface area contributed by atoms with Crippen LogP contribution in [-0.2, 0) is 9.53 Å². The van der Waals surface area contributed by atoms with Gasteiger partial charge in [-0.1, -0.05) is 0 Å². The molecule has 0 aromatic heterocycles. The summed E-state index contributed by atoms with van der Waals surface area (Å²) in [6.07, 6.45) is 2.34. The first-order chi connectivity index (χ1) is 3.27. The van der Waals surface area contributed by atoms with Gasteiger partial charge in [-0.3, -0.25) is 4.79 Å². The Hall–Kier alpha value is -0.500. The summed E-state index contributed by atoms with van der Waals surface area (Å²) in [5.74, 6) is 0. The van der Waals surface area contributed by atoms with Crippen LogP contribution in [-0.4, -0.2) is 12.4 Å². The minimum Gasteiger partial charge on any atom is -0.504 e. The maximum atomic E-state index is 9.80. The highest BCUT2D eigenvalue weighted by Crippen LogP contribution is 1.80. The predicted octanol–water partition coefficient (Wildman–Crippen LogP) is 0.912. The Morgan fingerprint density at radius 3 is 2.57 bits per heavy atom. The Kier molecular flexibility index (Phi) is 3.42. The lowest BCUT2D eigenvalue weighted by molar-refractivity contribution is -0.107. The van der Waals surface area contributed by atoms with Gasteiger partial charge >= 0.3 is 0 Å². The number of hydrogen-bond donors (Lipinski definition) is 0. The molecule has 0 atom stereocenters. The van der Waals surface area contributed by atoms with Crippen LogP contribution in [0.2, 0.25) is 0 Å². The second-order valence-corrected chi connectivity index (χ2v) is 1.22. The second-order valence-electron chi connectivity index (χ2n) is 0.843. The smallest absolute Gasteiger partial charge is 0.248 e. The summed E-state index contributed by atoms with van der Waals surface area (Å²) in [6.45, 7) is 0. The lowest BCUT2D eigenvalue weighted by Gasteiger charge is -1.79. The van der Waals surface area contributed by atoms with Gasteiger partial charge in [-0.05, 0) is 11.6 Å². The zero-order valence-electron chi connectivity index (χ0n) is 3.85. The molecule has 0 amide bonds. The summed E-state index contributed by atoms with van der Waals surface area (Å²) < 4.78 is 4.37. The van der Waals surface area contributed by atoms with E-state index in [0.717, 1.165) is 6.08 Å². The van der Waals surface area contributed by atoms with Crippen LogP contribution in [0.1, 0.15) is 0 Å². The normalized spacial score (nSPS) is 9.43. The molecule has 0 radical (unpaired) electrons. The molecule has 0 bridgehead atoms. The molecule has 0 aliphatic rings. The zero-order chi connectivity index (χ0) is 5.70. The van der Waals surface area contributed by atoms with Crippen molar-refractivity contribution in [3.05, 3.63) is 12.3 Å². The molecule has 0 N–H and O–H groups in total. The van der Waals surface area contributed by atoms with E-state index in [9.17, 15) is 4.79 Å². The van der Waals surface area contributed by atoms with E-state index in [1.807, 2.05) is 0 Å². The van der Waals surface area contributed by atoms with Crippen LogP contribution in [0.5, 0.6) is 0 Å². The van der Waals surface area contributed by atoms with Gasteiger partial charge in [0.25, 0.3) is 0 Å². The maximum absolute atomic E-state index is 9.80. The van der Waals surface area contributed by atoms with Gasteiger partial charge in [0.05, 0.1) is 13.4 Å². The monoisotopic (exact) mass is 120 g/mol. The fourth-order valence-corrected chi connectivity index (χ4v) is 0.173. The Morgan fingerprint density at radius 1 is 1.86 bits per heavy atom. The van der Waals surface area contributed by atoms with Crippen LogP contribution in [0, 0.1) is 0 Å². The van der Waals surface area contributed by atoms with Crippen molar-refractivity contribution in [2.24, 2.45) is 0 Å². The number of carbonyl (C=O) groups is 1. The van der Waals surface area contributed by atoms with Crippen molar-refractivity contribution in [2.45, 2.75) is 0 Å². The van der Waals surface area contributed by atoms with E-state index in [-0.39, 0.29) is 0 Å². The second kappa shape index (κ2) is 3.68. The fraction of sp³-hybridized carbons (Fsp3) is 0.250. The van der Waals surface area contributed by atoms with Crippen molar-refractivity contribution in [1.29, 1.82) is 0 Å². The van der Waals surface area contributed by atoms with E-state index in [4.69, 9.17) is 11.6 Å². The molecule has 0 aromatic carbocycles. The molecule has 0 aliphatic heterocycles. The zero-order valence-corrected chi connectivity index (χ0v) is 4.61. The Balaban J connectivity index is 3.26. The Bertz CT molecular complexity index is 87.7. The molecular formula is C4H5ClO2. The van der Waals surface area contributed by atoms with E-state index >= 15 is 0 Å². The van der Waals surface area contributed by atoms with Crippen LogP contribution in [0.3, 0.4) is 0 Å². The molecule has 0 saturated carbocycles. The average molecular weight is 121 g/mol. The van der Waals surface area contributed by atoms with Crippen LogP contribution < -0.4 is 0 Å². The number of carbonyl (C=O) groups excluding carboxylic acids is 1. The molecule has 0 aromatic rings. The summed E-state index contributed by atoms with van der Waals surface area (Å²) in [6, 6.07) is 0. The molecule has 40 valence electrons. The minimum absolute atomic E-state index is 0.526. The van der Waals surface area contributed by atoms with Crippen molar-refractivity contribution in [1.82, 2.24) is 0 Å². The van der Waals surface area contributed by atoms with Crippen molar-refractivity contribution >= 4 is 16.8 Å². The number of hydrogen-bond acceptors (Lipinski definition) is 2.